The Bertz CT molecular complexity index is 805. The molecule has 6 nitrogen and oxygen atoms in total. The Morgan fingerprint density at radius 3 is 2.71 bits per heavy atom. The van der Waals surface area contributed by atoms with Crippen molar-refractivity contribution >= 4 is 17.5 Å². The third-order valence-electron chi connectivity index (χ3n) is 3.48. The molecule has 0 aliphatic carbocycles. The fraction of sp³-hybridized carbons (Fsp3) is 0.167. The molecule has 0 radical (unpaired) electrons. The average Bonchev–Trinajstić information content (AvgIpc) is 2.62. The van der Waals surface area contributed by atoms with Gasteiger partial charge in [-0.05, 0) is 24.6 Å². The summed E-state index contributed by atoms with van der Waals surface area (Å²) in [6, 6.07) is 15.9. The van der Waals surface area contributed by atoms with Crippen molar-refractivity contribution in [3.8, 4) is 5.75 Å². The van der Waals surface area contributed by atoms with Crippen LogP contribution >= 0.6 is 0 Å². The van der Waals surface area contributed by atoms with E-state index in [0.717, 1.165) is 11.4 Å². The molecule has 0 aliphatic rings. The van der Waals surface area contributed by atoms with E-state index in [1.165, 1.54) is 11.1 Å². The van der Waals surface area contributed by atoms with E-state index in [1.807, 2.05) is 24.3 Å². The number of nitrogens with zero attached hydrogens (tertiary/aromatic N) is 3. The maximum absolute atomic E-state index is 5.20. The lowest BCUT2D eigenvalue weighted by Gasteiger charge is -2.09. The third-order valence-corrected chi connectivity index (χ3v) is 3.48. The summed E-state index contributed by atoms with van der Waals surface area (Å²) in [5.41, 5.74) is 3.26. The first kappa shape index (κ1) is 15.7. The first-order valence-electron chi connectivity index (χ1n) is 7.63. The van der Waals surface area contributed by atoms with Gasteiger partial charge in [-0.1, -0.05) is 35.9 Å². The van der Waals surface area contributed by atoms with E-state index in [1.54, 1.807) is 13.3 Å². The molecule has 24 heavy (non-hydrogen) atoms. The lowest BCUT2D eigenvalue weighted by Crippen LogP contribution is -2.05. The van der Waals surface area contributed by atoms with E-state index in [4.69, 9.17) is 4.74 Å². The molecule has 0 unspecified atom stereocenters. The van der Waals surface area contributed by atoms with Gasteiger partial charge in [-0.25, -0.2) is 0 Å². The van der Waals surface area contributed by atoms with Crippen LogP contribution in [0.1, 0.15) is 11.1 Å². The summed E-state index contributed by atoms with van der Waals surface area (Å²) in [6.45, 7) is 2.75. The summed E-state index contributed by atoms with van der Waals surface area (Å²) in [4.78, 5) is 4.42. The van der Waals surface area contributed by atoms with Crippen molar-refractivity contribution < 1.29 is 4.74 Å². The van der Waals surface area contributed by atoms with Crippen molar-refractivity contribution in [2.24, 2.45) is 0 Å². The van der Waals surface area contributed by atoms with Crippen LogP contribution in [0.5, 0.6) is 5.75 Å². The number of hydrogen-bond donors (Lipinski definition) is 2. The van der Waals surface area contributed by atoms with Gasteiger partial charge in [0.05, 0.1) is 13.3 Å². The van der Waals surface area contributed by atoms with Crippen molar-refractivity contribution in [1.29, 1.82) is 0 Å². The minimum atomic E-state index is 0.428. The maximum Gasteiger partial charge on any atom is 0.249 e. The van der Waals surface area contributed by atoms with Crippen molar-refractivity contribution in [3.05, 3.63) is 65.9 Å². The summed E-state index contributed by atoms with van der Waals surface area (Å²) in [5, 5.41) is 14.4. The topological polar surface area (TPSA) is 72.0 Å². The van der Waals surface area contributed by atoms with Gasteiger partial charge in [0.2, 0.25) is 5.95 Å². The highest BCUT2D eigenvalue weighted by atomic mass is 16.5. The Morgan fingerprint density at radius 1 is 1.08 bits per heavy atom. The van der Waals surface area contributed by atoms with Crippen LogP contribution < -0.4 is 15.4 Å². The van der Waals surface area contributed by atoms with Gasteiger partial charge in [0, 0.05) is 18.3 Å². The summed E-state index contributed by atoms with van der Waals surface area (Å²) >= 11 is 0. The zero-order chi connectivity index (χ0) is 16.8. The zero-order valence-electron chi connectivity index (χ0n) is 13.7. The van der Waals surface area contributed by atoms with Gasteiger partial charge in [0.25, 0.3) is 0 Å². The Balaban J connectivity index is 1.66. The van der Waals surface area contributed by atoms with Crippen LogP contribution in [0.15, 0.2) is 54.7 Å². The summed E-state index contributed by atoms with van der Waals surface area (Å²) in [7, 11) is 1.63. The second-order valence-electron chi connectivity index (χ2n) is 5.36. The molecule has 2 N–H and O–H groups in total. The Kier molecular flexibility index (Phi) is 4.86. The lowest BCUT2D eigenvalue weighted by atomic mass is 10.1. The molecule has 0 amide bonds. The van der Waals surface area contributed by atoms with E-state index < -0.39 is 0 Å². The number of anilines is 3. The van der Waals surface area contributed by atoms with Crippen LogP contribution in [0, 0.1) is 6.92 Å². The van der Waals surface area contributed by atoms with Crippen molar-refractivity contribution in [2.75, 3.05) is 17.7 Å². The fourth-order valence-corrected chi connectivity index (χ4v) is 2.17. The predicted molar refractivity (Wildman–Crippen MR) is 94.6 cm³/mol. The molecule has 1 aromatic heterocycles. The number of nitrogens with one attached hydrogen (secondary N) is 2. The molecule has 0 atom stereocenters. The van der Waals surface area contributed by atoms with Gasteiger partial charge in [-0.15, -0.1) is 5.10 Å². The van der Waals surface area contributed by atoms with Crippen molar-refractivity contribution in [1.82, 2.24) is 15.2 Å². The van der Waals surface area contributed by atoms with Crippen LogP contribution in [0.3, 0.4) is 0 Å². The SMILES string of the molecule is COc1cccc(Nc2nncc(NCc3ccc(C)cc3)n2)c1. The number of hydrogen-bond acceptors (Lipinski definition) is 6. The number of rotatable bonds is 6. The molecule has 0 bridgehead atoms. The van der Waals surface area contributed by atoms with Crippen LogP contribution in [-0.4, -0.2) is 22.3 Å². The van der Waals surface area contributed by atoms with E-state index in [-0.39, 0.29) is 0 Å². The van der Waals surface area contributed by atoms with E-state index in [9.17, 15) is 0 Å². The predicted octanol–water partition coefficient (Wildman–Crippen LogP) is 3.54. The minimum absolute atomic E-state index is 0.428. The highest BCUT2D eigenvalue weighted by molar-refractivity contribution is 5.56. The number of ether oxygens (including phenoxy) is 1. The molecule has 0 saturated heterocycles. The number of methoxy groups -OCH3 is 1. The first-order valence-corrected chi connectivity index (χ1v) is 7.63. The standard InChI is InChI=1S/C18H19N5O/c1-13-6-8-14(9-7-13)11-19-17-12-20-23-18(22-17)21-15-4-3-5-16(10-15)24-2/h3-10,12H,11H2,1-2H3,(H2,19,21,22,23). The molecule has 3 aromatic rings. The molecule has 0 saturated carbocycles. The monoisotopic (exact) mass is 321 g/mol. The Hall–Kier alpha value is -3.15. The largest absolute Gasteiger partial charge is 0.497 e. The van der Waals surface area contributed by atoms with Crippen molar-refractivity contribution in [3.63, 3.8) is 0 Å². The molecule has 2 aromatic carbocycles. The van der Waals surface area contributed by atoms with Gasteiger partial charge < -0.3 is 15.4 Å². The quantitative estimate of drug-likeness (QED) is 0.723. The van der Waals surface area contributed by atoms with Crippen LogP contribution in [-0.2, 0) is 6.54 Å². The Morgan fingerprint density at radius 2 is 1.92 bits per heavy atom. The number of benzene rings is 2. The fourth-order valence-electron chi connectivity index (χ4n) is 2.17. The molecular weight excluding hydrogens is 302 g/mol. The summed E-state index contributed by atoms with van der Waals surface area (Å²) < 4.78 is 5.20. The van der Waals surface area contributed by atoms with Gasteiger partial charge >= 0.3 is 0 Å². The number of aromatic nitrogens is 3. The van der Waals surface area contributed by atoms with E-state index in [0.29, 0.717) is 18.3 Å². The maximum atomic E-state index is 5.20. The first-order chi connectivity index (χ1) is 11.7. The smallest absolute Gasteiger partial charge is 0.249 e. The highest BCUT2D eigenvalue weighted by Crippen LogP contribution is 2.19. The molecule has 6 heteroatoms. The average molecular weight is 321 g/mol. The van der Waals surface area contributed by atoms with Crippen LogP contribution in [0.25, 0.3) is 0 Å². The molecule has 0 fully saturated rings. The minimum Gasteiger partial charge on any atom is -0.497 e. The second-order valence-corrected chi connectivity index (χ2v) is 5.36. The normalized spacial score (nSPS) is 10.2. The van der Waals surface area contributed by atoms with E-state index >= 15 is 0 Å². The molecule has 3 rings (SSSR count). The second kappa shape index (κ2) is 7.41. The molecule has 122 valence electrons. The number of aryl methyl sites for hydroxylation is 1. The highest BCUT2D eigenvalue weighted by Gasteiger charge is 2.03. The van der Waals surface area contributed by atoms with Gasteiger partial charge in [0.15, 0.2) is 5.82 Å². The molecular formula is C18H19N5O. The van der Waals surface area contributed by atoms with Crippen LogP contribution in [0.2, 0.25) is 0 Å². The lowest BCUT2D eigenvalue weighted by molar-refractivity contribution is 0.415. The third kappa shape index (κ3) is 4.19. The molecule has 0 spiro atoms. The summed E-state index contributed by atoms with van der Waals surface area (Å²) in [6.07, 6.45) is 1.60. The molecule has 0 aliphatic heterocycles. The van der Waals surface area contributed by atoms with Gasteiger partial charge in [-0.3, -0.25) is 0 Å². The van der Waals surface area contributed by atoms with Gasteiger partial charge in [-0.2, -0.15) is 10.1 Å². The summed E-state index contributed by atoms with van der Waals surface area (Å²) in [5.74, 6) is 1.86. The Labute approximate surface area is 140 Å². The van der Waals surface area contributed by atoms with Crippen molar-refractivity contribution in [2.45, 2.75) is 13.5 Å². The van der Waals surface area contributed by atoms with Crippen LogP contribution in [0.4, 0.5) is 17.5 Å². The molecule has 1 heterocycles. The van der Waals surface area contributed by atoms with E-state index in [2.05, 4.69) is 57.0 Å². The zero-order valence-corrected chi connectivity index (χ0v) is 13.7. The van der Waals surface area contributed by atoms with Gasteiger partial charge in [0.1, 0.15) is 5.75 Å².